The molecule has 2 aromatic heterocycles. The van der Waals surface area contributed by atoms with E-state index >= 15 is 0 Å². The van der Waals surface area contributed by atoms with Crippen LogP contribution in [0.4, 0.5) is 0 Å². The molecule has 2 heterocycles. The van der Waals surface area contributed by atoms with Crippen molar-refractivity contribution in [2.75, 3.05) is 13.7 Å². The Kier molecular flexibility index (Phi) is 5.50. The first-order valence-electron chi connectivity index (χ1n) is 7.63. The molecule has 0 spiro atoms. The van der Waals surface area contributed by atoms with Gasteiger partial charge < -0.3 is 9.30 Å². The van der Waals surface area contributed by atoms with Crippen molar-refractivity contribution in [1.82, 2.24) is 24.2 Å². The highest BCUT2D eigenvalue weighted by Crippen LogP contribution is 2.26. The van der Waals surface area contributed by atoms with Crippen molar-refractivity contribution in [3.05, 3.63) is 54.1 Å². The number of nitrogens with zero attached hydrogens (tertiary/aromatic N) is 4. The van der Waals surface area contributed by atoms with E-state index in [0.717, 1.165) is 0 Å². The summed E-state index contributed by atoms with van der Waals surface area (Å²) in [6.07, 6.45) is 6.59. The van der Waals surface area contributed by atoms with Gasteiger partial charge in [-0.1, -0.05) is 11.6 Å². The summed E-state index contributed by atoms with van der Waals surface area (Å²) >= 11 is 5.91. The van der Waals surface area contributed by atoms with Gasteiger partial charge in [0, 0.05) is 42.9 Å². The second-order valence-corrected chi connectivity index (χ2v) is 7.38. The number of sulfonamides is 1. The van der Waals surface area contributed by atoms with E-state index in [0.29, 0.717) is 23.2 Å². The number of aromatic nitrogens is 4. The van der Waals surface area contributed by atoms with Gasteiger partial charge in [0.2, 0.25) is 10.0 Å². The van der Waals surface area contributed by atoms with Crippen molar-refractivity contribution in [1.29, 1.82) is 0 Å². The van der Waals surface area contributed by atoms with Crippen LogP contribution < -0.4 is 9.46 Å². The van der Waals surface area contributed by atoms with Gasteiger partial charge >= 0.3 is 0 Å². The van der Waals surface area contributed by atoms with E-state index in [2.05, 4.69) is 19.7 Å². The summed E-state index contributed by atoms with van der Waals surface area (Å²) in [5.41, 5.74) is 0. The van der Waals surface area contributed by atoms with Crippen molar-refractivity contribution < 1.29 is 13.2 Å². The number of ether oxygens (including phenoxy) is 1. The normalized spacial score (nSPS) is 11.5. The Labute approximate surface area is 155 Å². The fourth-order valence-electron chi connectivity index (χ4n) is 2.35. The first-order valence-corrected chi connectivity index (χ1v) is 9.49. The fourth-order valence-corrected chi connectivity index (χ4v) is 3.80. The van der Waals surface area contributed by atoms with Crippen LogP contribution in [0.25, 0.3) is 11.6 Å². The second-order valence-electron chi connectivity index (χ2n) is 5.21. The van der Waals surface area contributed by atoms with E-state index < -0.39 is 10.0 Å². The summed E-state index contributed by atoms with van der Waals surface area (Å²) in [5, 5.41) is 0.310. The van der Waals surface area contributed by atoms with Crippen LogP contribution in [0.15, 0.2) is 53.9 Å². The Morgan fingerprint density at radius 3 is 2.69 bits per heavy atom. The van der Waals surface area contributed by atoms with Gasteiger partial charge in [-0.25, -0.2) is 28.1 Å². The third-order valence-corrected chi connectivity index (χ3v) is 5.26. The molecule has 0 aliphatic heterocycles. The minimum Gasteiger partial charge on any atom is -0.495 e. The molecule has 0 saturated heterocycles. The molecule has 26 heavy (non-hydrogen) atoms. The molecule has 0 fully saturated rings. The van der Waals surface area contributed by atoms with Gasteiger partial charge in [-0.2, -0.15) is 0 Å². The van der Waals surface area contributed by atoms with Crippen molar-refractivity contribution in [2.45, 2.75) is 11.4 Å². The van der Waals surface area contributed by atoms with Gasteiger partial charge in [-0.3, -0.25) is 0 Å². The highest BCUT2D eigenvalue weighted by Gasteiger charge is 2.20. The van der Waals surface area contributed by atoms with Gasteiger partial charge in [-0.15, -0.1) is 0 Å². The van der Waals surface area contributed by atoms with Gasteiger partial charge in [0.15, 0.2) is 11.6 Å². The maximum Gasteiger partial charge on any atom is 0.244 e. The molecule has 3 rings (SSSR count). The van der Waals surface area contributed by atoms with E-state index in [-0.39, 0.29) is 17.2 Å². The van der Waals surface area contributed by atoms with Crippen LogP contribution in [0, 0.1) is 0 Å². The van der Waals surface area contributed by atoms with E-state index in [1.807, 2.05) is 0 Å². The number of methoxy groups -OCH3 is 1. The molecule has 0 unspecified atom stereocenters. The van der Waals surface area contributed by atoms with Crippen molar-refractivity contribution in [3.63, 3.8) is 0 Å². The summed E-state index contributed by atoms with van der Waals surface area (Å²) < 4.78 is 34.5. The zero-order valence-corrected chi connectivity index (χ0v) is 15.4. The number of rotatable bonds is 7. The minimum absolute atomic E-state index is 0.00949. The smallest absolute Gasteiger partial charge is 0.244 e. The molecule has 0 saturated carbocycles. The van der Waals surface area contributed by atoms with Crippen LogP contribution in [-0.4, -0.2) is 41.6 Å². The molecular weight excluding hydrogens is 378 g/mol. The largest absolute Gasteiger partial charge is 0.495 e. The van der Waals surface area contributed by atoms with Crippen molar-refractivity contribution >= 4 is 21.6 Å². The fraction of sp³-hybridized carbons (Fsp3) is 0.188. The van der Waals surface area contributed by atoms with Crippen LogP contribution in [0.2, 0.25) is 5.02 Å². The van der Waals surface area contributed by atoms with Crippen molar-refractivity contribution in [2.24, 2.45) is 0 Å². The van der Waals surface area contributed by atoms with Crippen LogP contribution in [-0.2, 0) is 16.6 Å². The molecule has 3 aromatic rings. The van der Waals surface area contributed by atoms with Gasteiger partial charge in [-0.05, 0) is 24.3 Å². The van der Waals surface area contributed by atoms with E-state index in [1.165, 1.54) is 19.2 Å². The Balaban J connectivity index is 1.73. The predicted molar refractivity (Wildman–Crippen MR) is 96.4 cm³/mol. The van der Waals surface area contributed by atoms with Crippen LogP contribution in [0.3, 0.4) is 0 Å². The maximum atomic E-state index is 12.5. The molecule has 0 aliphatic carbocycles. The molecule has 0 amide bonds. The Morgan fingerprint density at radius 2 is 1.96 bits per heavy atom. The molecule has 136 valence electrons. The highest BCUT2D eigenvalue weighted by atomic mass is 35.5. The molecule has 0 aliphatic rings. The average molecular weight is 394 g/mol. The second kappa shape index (κ2) is 7.81. The summed E-state index contributed by atoms with van der Waals surface area (Å²) in [6.45, 7) is 0.504. The Bertz CT molecular complexity index is 992. The predicted octanol–water partition coefficient (Wildman–Crippen LogP) is 1.98. The third-order valence-electron chi connectivity index (χ3n) is 3.54. The number of imidazole rings is 1. The summed E-state index contributed by atoms with van der Waals surface area (Å²) in [6, 6.07) is 6.14. The van der Waals surface area contributed by atoms with E-state index in [9.17, 15) is 8.42 Å². The number of halogens is 1. The first kappa shape index (κ1) is 18.3. The topological polar surface area (TPSA) is 99.0 Å². The summed E-state index contributed by atoms with van der Waals surface area (Å²) in [7, 11) is -2.38. The minimum atomic E-state index is -3.78. The molecule has 10 heteroatoms. The van der Waals surface area contributed by atoms with Crippen LogP contribution in [0.5, 0.6) is 5.75 Å². The maximum absolute atomic E-state index is 12.5. The third kappa shape index (κ3) is 4.01. The summed E-state index contributed by atoms with van der Waals surface area (Å²) in [4.78, 5) is 12.5. The molecule has 1 aromatic carbocycles. The molecular formula is C16H16ClN5O3S. The number of nitrogens with one attached hydrogen (secondary N) is 1. The SMILES string of the molecule is COc1ccc(Cl)cc1S(=O)(=O)NCCn1ccnc1-c1ncccn1. The molecule has 1 N–H and O–H groups in total. The average Bonchev–Trinajstić information content (AvgIpc) is 3.11. The number of hydrogen-bond donors (Lipinski definition) is 1. The lowest BCUT2D eigenvalue weighted by Crippen LogP contribution is -2.28. The standard InChI is InChI=1S/C16H16ClN5O3S/c1-25-13-4-3-12(17)11-14(13)26(23,24)21-8-10-22-9-7-20-16(22)15-18-5-2-6-19-15/h2-7,9,11,21H,8,10H2,1H3. The molecule has 0 bridgehead atoms. The lowest BCUT2D eigenvalue weighted by Gasteiger charge is -2.12. The number of hydrogen-bond acceptors (Lipinski definition) is 6. The molecule has 8 nitrogen and oxygen atoms in total. The first-order chi connectivity index (χ1) is 12.5. The Morgan fingerprint density at radius 1 is 1.19 bits per heavy atom. The molecule has 0 radical (unpaired) electrons. The quantitative estimate of drug-likeness (QED) is 0.659. The monoisotopic (exact) mass is 393 g/mol. The van der Waals surface area contributed by atoms with E-state index in [4.69, 9.17) is 16.3 Å². The van der Waals surface area contributed by atoms with Crippen LogP contribution in [0.1, 0.15) is 0 Å². The van der Waals surface area contributed by atoms with Gasteiger partial charge in [0.05, 0.1) is 7.11 Å². The Hall–Kier alpha value is -2.49. The van der Waals surface area contributed by atoms with Gasteiger partial charge in [0.25, 0.3) is 0 Å². The van der Waals surface area contributed by atoms with Gasteiger partial charge in [0.1, 0.15) is 10.6 Å². The lowest BCUT2D eigenvalue weighted by molar-refractivity contribution is 0.402. The molecule has 0 atom stereocenters. The van der Waals surface area contributed by atoms with Crippen molar-refractivity contribution in [3.8, 4) is 17.4 Å². The number of benzene rings is 1. The summed E-state index contributed by atoms with van der Waals surface area (Å²) in [5.74, 6) is 1.25. The van der Waals surface area contributed by atoms with Crippen LogP contribution >= 0.6 is 11.6 Å². The highest BCUT2D eigenvalue weighted by molar-refractivity contribution is 7.89. The van der Waals surface area contributed by atoms with E-state index in [1.54, 1.807) is 41.5 Å². The zero-order chi connectivity index (χ0) is 18.6. The zero-order valence-electron chi connectivity index (χ0n) is 13.8. The lowest BCUT2D eigenvalue weighted by atomic mass is 10.3.